The summed E-state index contributed by atoms with van der Waals surface area (Å²) in [5.74, 6) is 0. The second-order valence-corrected chi connectivity index (χ2v) is 24.2. The van der Waals surface area contributed by atoms with E-state index in [1.54, 1.807) is 0 Å². The molecule has 0 radical (unpaired) electrons. The van der Waals surface area contributed by atoms with Crippen LogP contribution in [0.15, 0.2) is 291 Å². The van der Waals surface area contributed by atoms with E-state index in [9.17, 15) is 0 Å². The van der Waals surface area contributed by atoms with Crippen LogP contribution in [0, 0.1) is 0 Å². The molecule has 0 N–H and O–H groups in total. The third kappa shape index (κ3) is 10.3. The summed E-state index contributed by atoms with van der Waals surface area (Å²) in [6.45, 7) is 13.6. The van der Waals surface area contributed by atoms with Gasteiger partial charge in [0, 0.05) is 45.0 Å². The molecule has 15 rings (SSSR count). The minimum atomic E-state index is -0.157. The van der Waals surface area contributed by atoms with Crippen LogP contribution in [0.25, 0.3) is 90.4 Å². The summed E-state index contributed by atoms with van der Waals surface area (Å²) >= 11 is 0. The summed E-state index contributed by atoms with van der Waals surface area (Å²) in [5, 5.41) is 4.93. The molecule has 0 heterocycles. The number of para-hydroxylation sites is 2. The Morgan fingerprint density at radius 1 is 0.227 bits per heavy atom. The topological polar surface area (TPSA) is 6.48 Å². The molecule has 88 heavy (non-hydrogen) atoms. The van der Waals surface area contributed by atoms with Crippen molar-refractivity contribution in [3.05, 3.63) is 336 Å². The van der Waals surface area contributed by atoms with Crippen LogP contribution in [0.5, 0.6) is 0 Å². The molecule has 13 aromatic carbocycles. The average Bonchev–Trinajstić information content (AvgIpc) is 1.59. The van der Waals surface area contributed by atoms with Gasteiger partial charge in [-0.25, -0.2) is 0 Å². The maximum absolute atomic E-state index is 2.52. The van der Waals surface area contributed by atoms with E-state index in [0.29, 0.717) is 0 Å². The van der Waals surface area contributed by atoms with E-state index in [0.717, 1.165) is 45.3 Å². The predicted molar refractivity (Wildman–Crippen MR) is 379 cm³/mol. The number of fused-ring (bicyclic) bond motifs is 8. The minimum absolute atomic E-state index is 0.157. The van der Waals surface area contributed by atoms with Crippen LogP contribution in [-0.4, -0.2) is 0 Å². The van der Waals surface area contributed by atoms with Gasteiger partial charge in [-0.15, -0.1) is 0 Å². The van der Waals surface area contributed by atoms with Crippen LogP contribution in [-0.2, 0) is 10.8 Å². The minimum Gasteiger partial charge on any atom is -0.310 e. The van der Waals surface area contributed by atoms with Gasteiger partial charge in [0.2, 0.25) is 0 Å². The lowest BCUT2D eigenvalue weighted by molar-refractivity contribution is 0.652. The standard InChI is InChI=1S/C84H64N2.C2H6/c1-83(2)79-53-67(63-35-27-57(28-36-63)23-25-59-31-43-71(44-32-59)85(69-19-7-5-8-20-69)73-47-39-61-15-11-13-17-65(61)51-73)41-49-75(79)77-56-82-78(55-81(77)83)76-50-42-68(54-80(76)84(82,3)4)64-37-29-58(30-38-64)24-26-60-33-45-72(46-34-60)86(70-21-9-6-10-22-70)74-48-40-62-16-12-14-18-66(62)52-74;1-2/h5-56H,1-4H3;1-2H3/b25-23+,26-24+;. The third-order valence-electron chi connectivity index (χ3n) is 18.2. The zero-order valence-corrected chi connectivity index (χ0v) is 50.9. The quantitative estimate of drug-likeness (QED) is 0.113. The highest BCUT2D eigenvalue weighted by Crippen LogP contribution is 2.57. The predicted octanol–water partition coefficient (Wildman–Crippen LogP) is 24.2. The van der Waals surface area contributed by atoms with Crippen LogP contribution in [0.3, 0.4) is 0 Å². The molecule has 2 heteroatoms. The van der Waals surface area contributed by atoms with Gasteiger partial charge in [-0.2, -0.15) is 0 Å². The SMILES string of the molecule is CC.CC1(C)c2cc(-c3ccc(/C=C/c4ccc(N(c5ccccc5)c5ccc6ccccc6c5)cc4)cc3)ccc2-c2cc3c(cc21)-c1ccc(-c2ccc(/C=C/c4ccc(N(c5ccccc5)c5ccc6ccccc6c5)cc4)cc2)cc1C3(C)C. The molecule has 2 nitrogen and oxygen atoms in total. The first-order valence-electron chi connectivity index (χ1n) is 31.0. The first-order valence-corrected chi connectivity index (χ1v) is 31.0. The molecule has 0 aromatic heterocycles. The molecular formula is C86H70N2. The summed E-state index contributed by atoms with van der Waals surface area (Å²) in [5.41, 5.74) is 27.0. The van der Waals surface area contributed by atoms with Gasteiger partial charge in [-0.05, 0) is 208 Å². The monoisotopic (exact) mass is 1130 g/mol. The number of benzene rings is 13. The van der Waals surface area contributed by atoms with Gasteiger partial charge in [0.25, 0.3) is 0 Å². The summed E-state index contributed by atoms with van der Waals surface area (Å²) in [4.78, 5) is 4.65. The van der Waals surface area contributed by atoms with Crippen molar-refractivity contribution in [3.8, 4) is 44.5 Å². The molecule has 13 aromatic rings. The molecule has 0 fully saturated rings. The Morgan fingerprint density at radius 2 is 0.511 bits per heavy atom. The molecule has 424 valence electrons. The Morgan fingerprint density at radius 3 is 0.875 bits per heavy atom. The number of rotatable bonds is 12. The fourth-order valence-corrected chi connectivity index (χ4v) is 13.4. The van der Waals surface area contributed by atoms with Crippen LogP contribution in [0.4, 0.5) is 34.1 Å². The van der Waals surface area contributed by atoms with Crippen LogP contribution in [0.2, 0.25) is 0 Å². The first-order chi connectivity index (χ1) is 43.1. The third-order valence-corrected chi connectivity index (χ3v) is 18.2. The highest BCUT2D eigenvalue weighted by Gasteiger charge is 2.42. The summed E-state index contributed by atoms with van der Waals surface area (Å²) in [6.07, 6.45) is 8.84. The molecule has 0 bridgehead atoms. The van der Waals surface area contributed by atoms with Gasteiger partial charge in [0.15, 0.2) is 0 Å². The van der Waals surface area contributed by atoms with Gasteiger partial charge in [-0.1, -0.05) is 260 Å². The van der Waals surface area contributed by atoms with Crippen molar-refractivity contribution in [2.45, 2.75) is 52.4 Å². The van der Waals surface area contributed by atoms with Crippen LogP contribution in [0.1, 0.15) is 86.1 Å². The molecule has 0 unspecified atom stereocenters. The molecule has 0 saturated heterocycles. The van der Waals surface area contributed by atoms with Crippen molar-refractivity contribution in [1.29, 1.82) is 0 Å². The van der Waals surface area contributed by atoms with Crippen LogP contribution < -0.4 is 9.80 Å². The number of hydrogen-bond acceptors (Lipinski definition) is 2. The Balaban J connectivity index is 0.00000337. The van der Waals surface area contributed by atoms with Crippen molar-refractivity contribution >= 4 is 80.0 Å². The lowest BCUT2D eigenvalue weighted by Gasteiger charge is -2.26. The second kappa shape index (κ2) is 23.0. The molecule has 0 amide bonds. The first kappa shape index (κ1) is 55.3. The zero-order chi connectivity index (χ0) is 59.9. The van der Waals surface area contributed by atoms with Gasteiger partial charge < -0.3 is 9.80 Å². The molecule has 0 spiro atoms. The molecular weight excluding hydrogens is 1060 g/mol. The Labute approximate surface area is 519 Å². The van der Waals surface area contributed by atoms with E-state index >= 15 is 0 Å². The highest BCUT2D eigenvalue weighted by atomic mass is 15.1. The number of anilines is 6. The lowest BCUT2D eigenvalue weighted by Crippen LogP contribution is -2.17. The number of hydrogen-bond donors (Lipinski definition) is 0. The van der Waals surface area contributed by atoms with Crippen molar-refractivity contribution in [2.75, 3.05) is 9.80 Å². The smallest absolute Gasteiger partial charge is 0.0468 e. The second-order valence-electron chi connectivity index (χ2n) is 24.2. The summed E-state index contributed by atoms with van der Waals surface area (Å²) < 4.78 is 0. The van der Waals surface area contributed by atoms with E-state index < -0.39 is 0 Å². The van der Waals surface area contributed by atoms with Crippen molar-refractivity contribution in [2.24, 2.45) is 0 Å². The molecule has 0 saturated carbocycles. The average molecular weight is 1130 g/mol. The number of nitrogens with zero attached hydrogens (tertiary/aromatic N) is 2. The fraction of sp³-hybridized carbons (Fsp3) is 0.0930. The van der Waals surface area contributed by atoms with Crippen molar-refractivity contribution < 1.29 is 0 Å². The van der Waals surface area contributed by atoms with Gasteiger partial charge in [-0.3, -0.25) is 0 Å². The summed E-state index contributed by atoms with van der Waals surface area (Å²) in [7, 11) is 0. The zero-order valence-electron chi connectivity index (χ0n) is 50.9. The Hall–Kier alpha value is -10.5. The fourth-order valence-electron chi connectivity index (χ4n) is 13.4. The van der Waals surface area contributed by atoms with E-state index in [1.165, 1.54) is 99.4 Å². The van der Waals surface area contributed by atoms with Gasteiger partial charge in [0.1, 0.15) is 0 Å². The lowest BCUT2D eigenvalue weighted by atomic mass is 9.79. The molecule has 2 aliphatic rings. The van der Waals surface area contributed by atoms with E-state index in [2.05, 4.69) is 353 Å². The normalized spacial score (nSPS) is 13.2. The largest absolute Gasteiger partial charge is 0.310 e. The van der Waals surface area contributed by atoms with E-state index in [-0.39, 0.29) is 10.8 Å². The molecule has 2 aliphatic carbocycles. The van der Waals surface area contributed by atoms with E-state index in [4.69, 9.17) is 0 Å². The van der Waals surface area contributed by atoms with Crippen molar-refractivity contribution in [3.63, 3.8) is 0 Å². The van der Waals surface area contributed by atoms with E-state index in [1.807, 2.05) is 13.8 Å². The Kier molecular flexibility index (Phi) is 14.5. The maximum Gasteiger partial charge on any atom is 0.0468 e. The molecule has 0 atom stereocenters. The summed E-state index contributed by atoms with van der Waals surface area (Å²) in [6, 6.07) is 107. The van der Waals surface area contributed by atoms with Gasteiger partial charge in [0.05, 0.1) is 0 Å². The van der Waals surface area contributed by atoms with Gasteiger partial charge >= 0.3 is 0 Å². The highest BCUT2D eigenvalue weighted by molar-refractivity contribution is 5.94. The maximum atomic E-state index is 2.52. The molecule has 0 aliphatic heterocycles. The van der Waals surface area contributed by atoms with Crippen LogP contribution >= 0.6 is 0 Å². The Bertz CT molecular complexity index is 4450. The van der Waals surface area contributed by atoms with Crippen molar-refractivity contribution in [1.82, 2.24) is 0 Å².